The number of aromatic hydroxyl groups is 1. The lowest BCUT2D eigenvalue weighted by Crippen LogP contribution is -2.45. The van der Waals surface area contributed by atoms with Crippen molar-refractivity contribution < 1.29 is 22.7 Å². The smallest absolute Gasteiger partial charge is 0.419 e. The number of aryl methyl sites for hydroxylation is 1. The first-order valence-corrected chi connectivity index (χ1v) is 13.6. The van der Waals surface area contributed by atoms with Crippen molar-refractivity contribution in [3.8, 4) is 17.1 Å². The van der Waals surface area contributed by atoms with Gasteiger partial charge in [0.15, 0.2) is 19.5 Å². The molecule has 0 radical (unpaired) electrons. The molecule has 0 amide bonds. The molecule has 3 aromatic rings. The number of aromatic amines is 1. The van der Waals surface area contributed by atoms with Gasteiger partial charge >= 0.3 is 11.9 Å². The number of nitrogens with one attached hydrogen (secondary N) is 1. The third-order valence-corrected chi connectivity index (χ3v) is 10.9. The molecule has 0 spiro atoms. The van der Waals surface area contributed by atoms with E-state index in [1.54, 1.807) is 0 Å². The van der Waals surface area contributed by atoms with Crippen LogP contribution in [0, 0.1) is 0 Å². The lowest BCUT2D eigenvalue weighted by molar-refractivity contribution is -0.138. The maximum absolute atomic E-state index is 13.3. The topological polar surface area (TPSA) is 102 Å². The Morgan fingerprint density at radius 1 is 1.21 bits per heavy atom. The van der Waals surface area contributed by atoms with Crippen molar-refractivity contribution in [2.75, 3.05) is 0 Å². The molecule has 0 bridgehead atoms. The number of H-pyrrole nitrogens is 1. The summed E-state index contributed by atoms with van der Waals surface area (Å²) in [7, 11) is -0.672. The molecule has 2 heterocycles. The van der Waals surface area contributed by atoms with E-state index >= 15 is 0 Å². The van der Waals surface area contributed by atoms with Gasteiger partial charge in [-0.3, -0.25) is 14.3 Å². The predicted molar refractivity (Wildman–Crippen MR) is 125 cm³/mol. The summed E-state index contributed by atoms with van der Waals surface area (Å²) >= 11 is 0. The van der Waals surface area contributed by atoms with Crippen LogP contribution in [-0.2, 0) is 24.2 Å². The van der Waals surface area contributed by atoms with Crippen LogP contribution in [0.4, 0.5) is 13.2 Å². The number of halogens is 3. The van der Waals surface area contributed by atoms with Gasteiger partial charge in [-0.2, -0.15) is 13.2 Å². The number of phenols is 1. The Morgan fingerprint density at radius 3 is 2.38 bits per heavy atom. The summed E-state index contributed by atoms with van der Waals surface area (Å²) < 4.78 is 48.8. The lowest BCUT2D eigenvalue weighted by atomic mass is 10.1. The van der Waals surface area contributed by atoms with Crippen molar-refractivity contribution >= 4 is 19.5 Å². The zero-order valence-electron chi connectivity index (χ0n) is 20.2. The highest BCUT2D eigenvalue weighted by Gasteiger charge is 2.38. The Hall–Kier alpha value is -2.86. The van der Waals surface area contributed by atoms with Crippen LogP contribution in [0.2, 0.25) is 18.1 Å². The van der Waals surface area contributed by atoms with Crippen molar-refractivity contribution in [2.24, 2.45) is 7.05 Å². The number of aromatic nitrogens is 4. The highest BCUT2D eigenvalue weighted by Crippen LogP contribution is 2.39. The molecule has 3 rings (SSSR count). The van der Waals surface area contributed by atoms with Crippen molar-refractivity contribution in [2.45, 2.75) is 64.7 Å². The molecular weight excluding hydrogens is 469 g/mol. The number of hydrogen-bond acceptors (Lipinski definition) is 5. The van der Waals surface area contributed by atoms with Gasteiger partial charge in [-0.05, 0) is 43.3 Å². The van der Waals surface area contributed by atoms with Crippen LogP contribution < -0.4 is 11.2 Å². The molecular formula is C22H29F3N4O4Si. The second-order valence-electron chi connectivity index (χ2n) is 9.95. The highest BCUT2D eigenvalue weighted by molar-refractivity contribution is 6.74. The van der Waals surface area contributed by atoms with Crippen LogP contribution in [0.25, 0.3) is 22.6 Å². The fourth-order valence-corrected chi connectivity index (χ4v) is 4.98. The first kappa shape index (κ1) is 25.8. The first-order valence-electron chi connectivity index (χ1n) is 10.7. The second kappa shape index (κ2) is 8.42. The zero-order valence-corrected chi connectivity index (χ0v) is 21.2. The second-order valence-corrected chi connectivity index (χ2v) is 14.7. The molecule has 1 atom stereocenters. The summed E-state index contributed by atoms with van der Waals surface area (Å²) in [6.07, 6.45) is -5.16. The van der Waals surface area contributed by atoms with Gasteiger partial charge in [-0.15, -0.1) is 0 Å². The number of benzene rings is 1. The Kier molecular flexibility index (Phi) is 6.37. The summed E-state index contributed by atoms with van der Waals surface area (Å²) in [5, 5.41) is 9.59. The maximum atomic E-state index is 13.3. The zero-order chi connectivity index (χ0) is 25.8. The van der Waals surface area contributed by atoms with Crippen LogP contribution in [0.5, 0.6) is 5.75 Å². The Labute approximate surface area is 195 Å². The summed E-state index contributed by atoms with van der Waals surface area (Å²) in [5.41, 5.74) is -2.50. The van der Waals surface area contributed by atoms with Crippen molar-refractivity contribution in [3.63, 3.8) is 0 Å². The van der Waals surface area contributed by atoms with Gasteiger partial charge in [-0.25, -0.2) is 9.78 Å². The third-order valence-electron chi connectivity index (χ3n) is 6.31. The molecule has 0 aliphatic rings. The van der Waals surface area contributed by atoms with Gasteiger partial charge in [0, 0.05) is 12.6 Å². The molecule has 186 valence electrons. The van der Waals surface area contributed by atoms with Gasteiger partial charge in [-0.1, -0.05) is 20.8 Å². The number of imidazole rings is 1. The van der Waals surface area contributed by atoms with Crippen LogP contribution in [0.3, 0.4) is 0 Å². The monoisotopic (exact) mass is 498 g/mol. The average molecular weight is 499 g/mol. The molecule has 0 saturated heterocycles. The molecule has 1 unspecified atom stereocenters. The number of alkyl halides is 3. The van der Waals surface area contributed by atoms with Crippen LogP contribution in [0.1, 0.15) is 33.3 Å². The minimum absolute atomic E-state index is 0.0350. The number of nitrogens with zero attached hydrogens (tertiary/aromatic N) is 3. The van der Waals surface area contributed by atoms with Gasteiger partial charge in [0.25, 0.3) is 5.56 Å². The molecule has 0 fully saturated rings. The van der Waals surface area contributed by atoms with E-state index in [1.807, 2.05) is 6.92 Å². The molecule has 12 heteroatoms. The highest BCUT2D eigenvalue weighted by atomic mass is 28.4. The molecule has 0 saturated carbocycles. The van der Waals surface area contributed by atoms with Crippen molar-refractivity contribution in [1.82, 2.24) is 19.1 Å². The van der Waals surface area contributed by atoms with Gasteiger partial charge in [0.1, 0.15) is 11.6 Å². The summed E-state index contributed by atoms with van der Waals surface area (Å²) in [6.45, 7) is 12.4. The van der Waals surface area contributed by atoms with E-state index in [9.17, 15) is 27.9 Å². The minimum Gasteiger partial charge on any atom is -0.507 e. The van der Waals surface area contributed by atoms with E-state index in [2.05, 4.69) is 43.8 Å². The quantitative estimate of drug-likeness (QED) is 0.513. The Balaban J connectivity index is 2.13. The van der Waals surface area contributed by atoms with Crippen LogP contribution in [-0.4, -0.2) is 38.6 Å². The van der Waals surface area contributed by atoms with Gasteiger partial charge in [0.2, 0.25) is 0 Å². The van der Waals surface area contributed by atoms with Crippen LogP contribution in [0.15, 0.2) is 27.8 Å². The maximum Gasteiger partial charge on any atom is 0.419 e. The Morgan fingerprint density at radius 2 is 1.82 bits per heavy atom. The largest absolute Gasteiger partial charge is 0.507 e. The van der Waals surface area contributed by atoms with Gasteiger partial charge in [0.05, 0.1) is 18.2 Å². The lowest BCUT2D eigenvalue weighted by Gasteiger charge is -2.38. The molecule has 8 nitrogen and oxygen atoms in total. The number of hydrogen-bond donors (Lipinski definition) is 2. The fourth-order valence-electron chi connectivity index (χ4n) is 3.55. The summed E-state index contributed by atoms with van der Waals surface area (Å²) in [5.74, 6) is -0.871. The summed E-state index contributed by atoms with van der Waals surface area (Å²) in [4.78, 5) is 31.9. The number of phenolic OH excluding ortho intramolecular Hbond substituents is 1. The van der Waals surface area contributed by atoms with E-state index in [0.29, 0.717) is 0 Å². The SMILES string of the molecule is CC(Cn1c(=O)[nH]c(=O)c2c1nc(-c1ccc(O)c(C(F)(F)F)c1)n2C)O[Si](C)(C)C(C)(C)C. The third kappa shape index (κ3) is 4.69. The van der Waals surface area contributed by atoms with E-state index in [1.165, 1.54) is 22.2 Å². The average Bonchev–Trinajstić information content (AvgIpc) is 3.01. The molecule has 0 aliphatic carbocycles. The molecule has 1 aromatic carbocycles. The molecule has 2 aromatic heterocycles. The number of rotatable bonds is 5. The Bertz CT molecular complexity index is 1350. The van der Waals surface area contributed by atoms with E-state index in [-0.39, 0.29) is 40.2 Å². The van der Waals surface area contributed by atoms with Gasteiger partial charge < -0.3 is 14.1 Å². The normalized spacial score (nSPS) is 14.1. The van der Waals surface area contributed by atoms with E-state index in [0.717, 1.165) is 12.1 Å². The van der Waals surface area contributed by atoms with E-state index < -0.39 is 37.1 Å². The molecule has 34 heavy (non-hydrogen) atoms. The van der Waals surface area contributed by atoms with Crippen LogP contribution >= 0.6 is 0 Å². The minimum atomic E-state index is -4.78. The number of fused-ring (bicyclic) bond motifs is 1. The van der Waals surface area contributed by atoms with E-state index in [4.69, 9.17) is 4.43 Å². The molecule has 0 aliphatic heterocycles. The first-order chi connectivity index (χ1) is 15.4. The van der Waals surface area contributed by atoms with Crippen molar-refractivity contribution in [3.05, 3.63) is 44.6 Å². The fraction of sp³-hybridized carbons (Fsp3) is 0.500. The molecule has 2 N–H and O–H groups in total. The summed E-state index contributed by atoms with van der Waals surface area (Å²) in [6, 6.07) is 2.95. The van der Waals surface area contributed by atoms with Crippen molar-refractivity contribution in [1.29, 1.82) is 0 Å². The predicted octanol–water partition coefficient (Wildman–Crippen LogP) is 4.23. The standard InChI is InChI=1S/C22H29F3N4O4Si/c1-12(33-34(6,7)21(2,3)4)11-29-18-16(19(31)27-20(29)32)28(5)17(26-18)13-8-9-15(30)14(10-13)22(23,24)25/h8-10,12,30H,11H2,1-7H3,(H,27,31,32).